The largest absolute Gasteiger partial charge is 0.351 e. The highest BCUT2D eigenvalue weighted by atomic mass is 32.2. The molecule has 0 spiro atoms. The molecule has 1 aromatic heterocycles. The lowest BCUT2D eigenvalue weighted by Crippen LogP contribution is -2.51. The van der Waals surface area contributed by atoms with Crippen molar-refractivity contribution in [2.45, 2.75) is 30.2 Å². The Morgan fingerprint density at radius 2 is 1.73 bits per heavy atom. The van der Waals surface area contributed by atoms with E-state index in [-0.39, 0.29) is 11.8 Å². The van der Waals surface area contributed by atoms with Crippen LogP contribution >= 0.6 is 11.8 Å². The number of halogens is 2. The van der Waals surface area contributed by atoms with Gasteiger partial charge in [-0.1, -0.05) is 60.3 Å². The number of nitrogens with one attached hydrogen (secondary N) is 1. The van der Waals surface area contributed by atoms with Gasteiger partial charge in [0.1, 0.15) is 0 Å². The molecule has 3 aromatic carbocycles. The van der Waals surface area contributed by atoms with Gasteiger partial charge in [0.2, 0.25) is 0 Å². The highest BCUT2D eigenvalue weighted by Gasteiger charge is 2.35. The van der Waals surface area contributed by atoms with E-state index in [0.717, 1.165) is 16.9 Å². The van der Waals surface area contributed by atoms with Gasteiger partial charge >= 0.3 is 0 Å². The maximum Gasteiger partial charge on any atom is 0.263 e. The third-order valence-corrected chi connectivity index (χ3v) is 7.88. The number of rotatable bonds is 5. The van der Waals surface area contributed by atoms with Crippen molar-refractivity contribution in [2.75, 3.05) is 23.8 Å². The normalized spacial score (nSPS) is 16.8. The molecule has 6 nitrogen and oxygen atoms in total. The molecule has 6 rings (SSSR count). The first-order valence-electron chi connectivity index (χ1n) is 12.1. The molecule has 4 aromatic rings. The van der Waals surface area contributed by atoms with Crippen molar-refractivity contribution in [1.29, 1.82) is 0 Å². The van der Waals surface area contributed by atoms with Crippen LogP contribution in [0.5, 0.6) is 0 Å². The minimum atomic E-state index is -0.889. The Morgan fingerprint density at radius 3 is 2.49 bits per heavy atom. The van der Waals surface area contributed by atoms with Crippen molar-refractivity contribution in [1.82, 2.24) is 14.5 Å². The number of aromatic nitrogens is 2. The molecule has 9 heteroatoms. The highest BCUT2D eigenvalue weighted by Crippen LogP contribution is 2.37. The molecule has 0 saturated carbocycles. The molecule has 0 bridgehead atoms. The second-order valence-corrected chi connectivity index (χ2v) is 10.1. The average Bonchev–Trinajstić information content (AvgIpc) is 3.23. The van der Waals surface area contributed by atoms with Crippen molar-refractivity contribution in [2.24, 2.45) is 0 Å². The molecule has 2 aliphatic heterocycles. The van der Waals surface area contributed by atoms with Crippen LogP contribution in [0.25, 0.3) is 5.69 Å². The number of benzene rings is 3. The second kappa shape index (κ2) is 9.64. The monoisotopic (exact) mass is 517 g/mol. The molecule has 0 amide bonds. The van der Waals surface area contributed by atoms with Gasteiger partial charge in [-0.2, -0.15) is 0 Å². The van der Waals surface area contributed by atoms with Crippen LogP contribution in [0.1, 0.15) is 16.8 Å². The molecule has 2 aliphatic rings. The van der Waals surface area contributed by atoms with Crippen LogP contribution in [0.4, 0.5) is 20.2 Å². The number of hydrogen-bond donors (Lipinski definition) is 1. The first kappa shape index (κ1) is 23.7. The fraction of sp³-hybridized carbons (Fsp3) is 0.214. The van der Waals surface area contributed by atoms with E-state index in [4.69, 9.17) is 4.98 Å². The number of fused-ring (bicyclic) bond motifs is 2. The van der Waals surface area contributed by atoms with E-state index in [9.17, 15) is 13.6 Å². The number of hydrogen-bond acceptors (Lipinski definition) is 6. The zero-order valence-electron chi connectivity index (χ0n) is 20.2. The van der Waals surface area contributed by atoms with Crippen LogP contribution in [0.2, 0.25) is 0 Å². The maximum atomic E-state index is 13.9. The molecule has 0 radical (unpaired) electrons. The summed E-state index contributed by atoms with van der Waals surface area (Å²) < 4.78 is 29.4. The zero-order valence-corrected chi connectivity index (χ0v) is 21.0. The van der Waals surface area contributed by atoms with Crippen LogP contribution in [-0.2, 0) is 18.7 Å². The standard InChI is InChI=1S/C28H25F2N5OS/c1-33-25-15-22(30)21(29)14-24(25)31-27(33)34-13-12-23-20(16-34)26(36)35(19-10-6-3-7-11-19)28(32-23)37-17-18-8-4-2-5-9-18/h2-11,14-15,27,31H,12-13,16-17H2,1H3. The summed E-state index contributed by atoms with van der Waals surface area (Å²) in [6, 6.07) is 22.1. The Morgan fingerprint density at radius 1 is 1.03 bits per heavy atom. The summed E-state index contributed by atoms with van der Waals surface area (Å²) in [5, 5.41) is 3.95. The lowest BCUT2D eigenvalue weighted by molar-refractivity contribution is 0.196. The lowest BCUT2D eigenvalue weighted by atomic mass is 10.1. The number of thioether (sulfide) groups is 1. The Hall–Kier alpha value is -3.69. The van der Waals surface area contributed by atoms with Crippen LogP contribution in [0.15, 0.2) is 82.7 Å². The number of para-hydroxylation sites is 1. The first-order valence-corrected chi connectivity index (χ1v) is 13.1. The van der Waals surface area contributed by atoms with Crippen molar-refractivity contribution >= 4 is 23.1 Å². The quantitative estimate of drug-likeness (QED) is 0.297. The van der Waals surface area contributed by atoms with Crippen molar-refractivity contribution in [3.63, 3.8) is 0 Å². The topological polar surface area (TPSA) is 53.4 Å². The molecule has 0 aliphatic carbocycles. The minimum absolute atomic E-state index is 0.0910. The van der Waals surface area contributed by atoms with Crippen LogP contribution in [0.3, 0.4) is 0 Å². The summed E-state index contributed by atoms with van der Waals surface area (Å²) in [5.41, 5.74) is 4.40. The molecule has 0 fully saturated rings. The molecule has 1 unspecified atom stereocenters. The molecule has 1 N–H and O–H groups in total. The summed E-state index contributed by atoms with van der Waals surface area (Å²) in [4.78, 5) is 22.9. The SMILES string of the molecule is CN1c2cc(F)c(F)cc2NC1N1CCc2nc(SCc3ccccc3)n(-c3ccccc3)c(=O)c2C1. The van der Waals surface area contributed by atoms with E-state index >= 15 is 0 Å². The van der Waals surface area contributed by atoms with E-state index in [1.807, 2.05) is 60.5 Å². The second-order valence-electron chi connectivity index (χ2n) is 9.20. The van der Waals surface area contributed by atoms with Gasteiger partial charge < -0.3 is 10.2 Å². The van der Waals surface area contributed by atoms with Gasteiger partial charge in [-0.15, -0.1) is 0 Å². The Bertz CT molecular complexity index is 1510. The summed E-state index contributed by atoms with van der Waals surface area (Å²) in [5.74, 6) is -1.07. The fourth-order valence-electron chi connectivity index (χ4n) is 4.96. The average molecular weight is 518 g/mol. The predicted octanol–water partition coefficient (Wildman–Crippen LogP) is 5.01. The van der Waals surface area contributed by atoms with Crippen LogP contribution in [-0.4, -0.2) is 34.3 Å². The van der Waals surface area contributed by atoms with E-state index in [1.165, 1.54) is 12.1 Å². The van der Waals surface area contributed by atoms with Gasteiger partial charge in [-0.05, 0) is 17.7 Å². The molecule has 37 heavy (non-hydrogen) atoms. The minimum Gasteiger partial charge on any atom is -0.351 e. The summed E-state index contributed by atoms with van der Waals surface area (Å²) >= 11 is 1.55. The van der Waals surface area contributed by atoms with Crippen LogP contribution in [0, 0.1) is 11.6 Å². The number of anilines is 2. The molecule has 1 atom stereocenters. The highest BCUT2D eigenvalue weighted by molar-refractivity contribution is 7.98. The van der Waals surface area contributed by atoms with Gasteiger partial charge in [0, 0.05) is 44.4 Å². The fourth-order valence-corrected chi connectivity index (χ4v) is 5.94. The third-order valence-electron chi connectivity index (χ3n) is 6.87. The Labute approximate surface area is 217 Å². The Balaban J connectivity index is 1.33. The number of nitrogens with zero attached hydrogens (tertiary/aromatic N) is 4. The van der Waals surface area contributed by atoms with Crippen LogP contribution < -0.4 is 15.8 Å². The van der Waals surface area contributed by atoms with E-state index in [2.05, 4.69) is 22.3 Å². The predicted molar refractivity (Wildman–Crippen MR) is 142 cm³/mol. The van der Waals surface area contributed by atoms with Crippen molar-refractivity contribution in [3.8, 4) is 5.69 Å². The molecule has 3 heterocycles. The van der Waals surface area contributed by atoms with Gasteiger partial charge in [0.15, 0.2) is 23.1 Å². The molecule has 0 saturated heterocycles. The summed E-state index contributed by atoms with van der Waals surface area (Å²) in [6.07, 6.45) is 0.269. The first-order chi connectivity index (χ1) is 18.0. The van der Waals surface area contributed by atoms with Gasteiger partial charge in [0.05, 0.1) is 28.3 Å². The molecular weight excluding hydrogens is 492 g/mol. The lowest BCUT2D eigenvalue weighted by Gasteiger charge is -2.37. The Kier molecular flexibility index (Phi) is 6.18. The van der Waals surface area contributed by atoms with Crippen molar-refractivity contribution in [3.05, 3.63) is 112 Å². The van der Waals surface area contributed by atoms with Gasteiger partial charge in [-0.25, -0.2) is 13.8 Å². The molecule has 188 valence electrons. The van der Waals surface area contributed by atoms with E-state index in [1.54, 1.807) is 16.3 Å². The molecular formula is C28H25F2N5OS. The summed E-state index contributed by atoms with van der Waals surface area (Å²) in [7, 11) is 1.83. The van der Waals surface area contributed by atoms with Crippen molar-refractivity contribution < 1.29 is 8.78 Å². The third kappa shape index (κ3) is 4.38. The zero-order chi connectivity index (χ0) is 25.5. The maximum absolute atomic E-state index is 13.9. The van der Waals surface area contributed by atoms with Gasteiger partial charge in [0.25, 0.3) is 5.56 Å². The van der Waals surface area contributed by atoms with E-state index < -0.39 is 11.6 Å². The smallest absolute Gasteiger partial charge is 0.263 e. The summed E-state index contributed by atoms with van der Waals surface area (Å²) in [6.45, 7) is 1.02. The van der Waals surface area contributed by atoms with Gasteiger partial charge in [-0.3, -0.25) is 14.3 Å². The van der Waals surface area contributed by atoms with E-state index in [0.29, 0.717) is 47.4 Å².